The minimum atomic E-state index is -3.15. The van der Waals surface area contributed by atoms with E-state index >= 15 is 0 Å². The Labute approximate surface area is 119 Å². The fourth-order valence-corrected chi connectivity index (χ4v) is 3.53. The van der Waals surface area contributed by atoms with Crippen LogP contribution >= 0.6 is 0 Å². The Bertz CT molecular complexity index is 651. The van der Waals surface area contributed by atoms with Crippen molar-refractivity contribution in [3.63, 3.8) is 0 Å². The number of piperidine rings is 1. The third kappa shape index (κ3) is 3.40. The summed E-state index contributed by atoms with van der Waals surface area (Å²) in [6, 6.07) is 1.52. The standard InChI is InChI=1S/C13H21N3O3S/c1-10-6-13(17)15(9-12(10)14)7-11-4-3-5-16(8-11)20(2,18)19/h6,9,11H,3-5,7-8,14H2,1-2H3. The number of pyridine rings is 1. The van der Waals surface area contributed by atoms with Gasteiger partial charge in [-0.25, -0.2) is 12.7 Å². The molecule has 1 atom stereocenters. The molecule has 112 valence electrons. The monoisotopic (exact) mass is 299 g/mol. The first-order chi connectivity index (χ1) is 9.27. The number of sulfonamides is 1. The van der Waals surface area contributed by atoms with Crippen LogP contribution in [0.1, 0.15) is 18.4 Å². The Morgan fingerprint density at radius 2 is 2.15 bits per heavy atom. The summed E-state index contributed by atoms with van der Waals surface area (Å²) < 4.78 is 26.2. The van der Waals surface area contributed by atoms with Crippen molar-refractivity contribution in [2.45, 2.75) is 26.3 Å². The van der Waals surface area contributed by atoms with Gasteiger partial charge in [-0.05, 0) is 31.2 Å². The highest BCUT2D eigenvalue weighted by molar-refractivity contribution is 7.88. The first kappa shape index (κ1) is 15.1. The summed E-state index contributed by atoms with van der Waals surface area (Å²) in [6.45, 7) is 3.35. The lowest BCUT2D eigenvalue weighted by atomic mass is 9.99. The van der Waals surface area contributed by atoms with Crippen molar-refractivity contribution >= 4 is 15.7 Å². The molecule has 0 aromatic carbocycles. The van der Waals surface area contributed by atoms with Crippen LogP contribution in [0, 0.1) is 12.8 Å². The summed E-state index contributed by atoms with van der Waals surface area (Å²) in [6.07, 6.45) is 4.63. The number of nitrogens with two attached hydrogens (primary N) is 1. The van der Waals surface area contributed by atoms with Gasteiger partial charge < -0.3 is 10.3 Å². The second-order valence-electron chi connectivity index (χ2n) is 5.53. The number of nitrogen functional groups attached to an aromatic ring is 1. The maximum absolute atomic E-state index is 11.9. The summed E-state index contributed by atoms with van der Waals surface area (Å²) in [5.74, 6) is 0.151. The number of aromatic nitrogens is 1. The third-order valence-corrected chi connectivity index (χ3v) is 5.05. The molecule has 1 aromatic rings. The van der Waals surface area contributed by atoms with Crippen LogP contribution in [-0.2, 0) is 16.6 Å². The Kier molecular flexibility index (Phi) is 4.19. The van der Waals surface area contributed by atoms with E-state index in [0.29, 0.717) is 25.3 Å². The molecule has 0 saturated carbocycles. The Morgan fingerprint density at radius 1 is 1.45 bits per heavy atom. The molecule has 2 N–H and O–H groups in total. The fraction of sp³-hybridized carbons (Fsp3) is 0.615. The van der Waals surface area contributed by atoms with E-state index in [4.69, 9.17) is 5.73 Å². The van der Waals surface area contributed by atoms with Crippen LogP contribution in [0.5, 0.6) is 0 Å². The van der Waals surface area contributed by atoms with Crippen molar-refractivity contribution in [3.05, 3.63) is 28.2 Å². The van der Waals surface area contributed by atoms with Crippen molar-refractivity contribution in [1.29, 1.82) is 0 Å². The highest BCUT2D eigenvalue weighted by atomic mass is 32.2. The molecule has 0 bridgehead atoms. The van der Waals surface area contributed by atoms with E-state index in [9.17, 15) is 13.2 Å². The first-order valence-electron chi connectivity index (χ1n) is 6.69. The van der Waals surface area contributed by atoms with E-state index in [-0.39, 0.29) is 11.5 Å². The second-order valence-corrected chi connectivity index (χ2v) is 7.51. The number of hydrogen-bond donors (Lipinski definition) is 1. The Morgan fingerprint density at radius 3 is 2.80 bits per heavy atom. The minimum Gasteiger partial charge on any atom is -0.397 e. The minimum absolute atomic E-state index is 0.0896. The van der Waals surface area contributed by atoms with E-state index in [2.05, 4.69) is 0 Å². The predicted molar refractivity (Wildman–Crippen MR) is 79.0 cm³/mol. The number of aryl methyl sites for hydroxylation is 1. The molecule has 1 saturated heterocycles. The average Bonchev–Trinajstić information content (AvgIpc) is 2.35. The SMILES string of the molecule is Cc1cc(=O)n(CC2CCCN(S(C)(=O)=O)C2)cc1N. The van der Waals surface area contributed by atoms with Gasteiger partial charge in [-0.1, -0.05) is 0 Å². The molecule has 6 nitrogen and oxygen atoms in total. The van der Waals surface area contributed by atoms with Gasteiger partial charge in [-0.2, -0.15) is 0 Å². The molecule has 0 spiro atoms. The lowest BCUT2D eigenvalue weighted by molar-refractivity contribution is 0.245. The van der Waals surface area contributed by atoms with Gasteiger partial charge in [0, 0.05) is 31.9 Å². The normalized spacial score (nSPS) is 21.0. The molecule has 2 rings (SSSR count). The van der Waals surface area contributed by atoms with E-state index in [1.165, 1.54) is 16.6 Å². The number of hydrogen-bond acceptors (Lipinski definition) is 4. The zero-order valence-corrected chi connectivity index (χ0v) is 12.7. The molecule has 20 heavy (non-hydrogen) atoms. The van der Waals surface area contributed by atoms with Gasteiger partial charge in [0.2, 0.25) is 10.0 Å². The van der Waals surface area contributed by atoms with Crippen molar-refractivity contribution in [2.75, 3.05) is 25.1 Å². The van der Waals surface area contributed by atoms with Crippen LogP contribution in [-0.4, -0.2) is 36.6 Å². The van der Waals surface area contributed by atoms with Gasteiger partial charge in [0.05, 0.1) is 11.9 Å². The zero-order chi connectivity index (χ0) is 14.9. The number of nitrogens with zero attached hydrogens (tertiary/aromatic N) is 2. The van der Waals surface area contributed by atoms with Gasteiger partial charge in [0.25, 0.3) is 5.56 Å². The second kappa shape index (κ2) is 5.57. The molecular weight excluding hydrogens is 278 g/mol. The Hall–Kier alpha value is -1.34. The molecule has 0 radical (unpaired) electrons. The molecule has 1 aromatic heterocycles. The summed E-state index contributed by atoms with van der Waals surface area (Å²) in [4.78, 5) is 11.9. The largest absolute Gasteiger partial charge is 0.397 e. The summed E-state index contributed by atoms with van der Waals surface area (Å²) in [7, 11) is -3.15. The number of rotatable bonds is 3. The van der Waals surface area contributed by atoms with Crippen LogP contribution in [0.3, 0.4) is 0 Å². The molecular formula is C13H21N3O3S. The number of anilines is 1. The lowest BCUT2D eigenvalue weighted by Crippen LogP contribution is -2.41. The molecule has 7 heteroatoms. The molecule has 0 aliphatic carbocycles. The van der Waals surface area contributed by atoms with Crippen LogP contribution < -0.4 is 11.3 Å². The van der Waals surface area contributed by atoms with Gasteiger partial charge in [0.1, 0.15) is 0 Å². The van der Waals surface area contributed by atoms with Crippen LogP contribution in [0.15, 0.2) is 17.1 Å². The maximum Gasteiger partial charge on any atom is 0.250 e. The molecule has 2 heterocycles. The van der Waals surface area contributed by atoms with Crippen molar-refractivity contribution in [3.8, 4) is 0 Å². The average molecular weight is 299 g/mol. The lowest BCUT2D eigenvalue weighted by Gasteiger charge is -2.31. The molecule has 1 aliphatic heterocycles. The van der Waals surface area contributed by atoms with Crippen LogP contribution in [0.2, 0.25) is 0 Å². The highest BCUT2D eigenvalue weighted by Crippen LogP contribution is 2.20. The van der Waals surface area contributed by atoms with E-state index in [1.54, 1.807) is 17.7 Å². The van der Waals surface area contributed by atoms with Crippen molar-refractivity contribution in [2.24, 2.45) is 5.92 Å². The van der Waals surface area contributed by atoms with E-state index in [0.717, 1.165) is 18.4 Å². The summed E-state index contributed by atoms with van der Waals surface area (Å²) in [5, 5.41) is 0. The van der Waals surface area contributed by atoms with Crippen molar-refractivity contribution in [1.82, 2.24) is 8.87 Å². The fourth-order valence-electron chi connectivity index (χ4n) is 2.58. The summed E-state index contributed by atoms with van der Waals surface area (Å²) >= 11 is 0. The van der Waals surface area contributed by atoms with Gasteiger partial charge in [0.15, 0.2) is 0 Å². The third-order valence-electron chi connectivity index (χ3n) is 3.78. The van der Waals surface area contributed by atoms with E-state index < -0.39 is 10.0 Å². The van der Waals surface area contributed by atoms with Crippen LogP contribution in [0.25, 0.3) is 0 Å². The zero-order valence-electron chi connectivity index (χ0n) is 11.9. The van der Waals surface area contributed by atoms with E-state index in [1.807, 2.05) is 0 Å². The van der Waals surface area contributed by atoms with Gasteiger partial charge >= 0.3 is 0 Å². The first-order valence-corrected chi connectivity index (χ1v) is 8.54. The van der Waals surface area contributed by atoms with Gasteiger partial charge in [-0.3, -0.25) is 4.79 Å². The summed E-state index contributed by atoms with van der Waals surface area (Å²) in [5.41, 5.74) is 7.09. The molecule has 0 amide bonds. The molecule has 1 unspecified atom stereocenters. The Balaban J connectivity index is 2.14. The smallest absolute Gasteiger partial charge is 0.250 e. The maximum atomic E-state index is 11.9. The molecule has 1 fully saturated rings. The molecule has 1 aliphatic rings. The van der Waals surface area contributed by atoms with Crippen LogP contribution in [0.4, 0.5) is 5.69 Å². The predicted octanol–water partition coefficient (Wildman–Crippen LogP) is 0.411. The topological polar surface area (TPSA) is 85.4 Å². The van der Waals surface area contributed by atoms with Crippen molar-refractivity contribution < 1.29 is 8.42 Å². The van der Waals surface area contributed by atoms with Gasteiger partial charge in [-0.15, -0.1) is 0 Å². The quantitative estimate of drug-likeness (QED) is 0.876. The highest BCUT2D eigenvalue weighted by Gasteiger charge is 2.26.